The minimum absolute atomic E-state index is 0.00731. The number of hydrogen-bond donors (Lipinski definition) is 1. The van der Waals surface area contributed by atoms with E-state index in [0.717, 1.165) is 5.56 Å². The molecule has 27 heavy (non-hydrogen) atoms. The monoisotopic (exact) mass is 418 g/mol. The van der Waals surface area contributed by atoms with Crippen molar-refractivity contribution in [3.05, 3.63) is 57.7 Å². The standard InChI is InChI=1S/C18H15Cl2F3N2O2/c19-12-4-3-11(15(20)8-12)10-25-17-9-13(27-18(21,22)23)5-6-14(17)16(24-25)2-1-7-26/h3-6,8-9,26H,1-2,7,10H2. The van der Waals surface area contributed by atoms with Gasteiger partial charge in [-0.3, -0.25) is 4.68 Å². The van der Waals surface area contributed by atoms with Crippen molar-refractivity contribution in [1.29, 1.82) is 0 Å². The van der Waals surface area contributed by atoms with Crippen LogP contribution in [0, 0.1) is 0 Å². The molecule has 0 unspecified atom stereocenters. The number of alkyl halides is 3. The van der Waals surface area contributed by atoms with Gasteiger partial charge in [-0.2, -0.15) is 5.10 Å². The number of nitrogens with zero attached hydrogens (tertiary/aromatic N) is 2. The summed E-state index contributed by atoms with van der Waals surface area (Å²) >= 11 is 12.1. The Hall–Kier alpha value is -1.96. The Bertz CT molecular complexity index is 958. The van der Waals surface area contributed by atoms with E-state index in [1.807, 2.05) is 0 Å². The van der Waals surface area contributed by atoms with E-state index in [4.69, 9.17) is 28.3 Å². The fourth-order valence-corrected chi connectivity index (χ4v) is 3.25. The Morgan fingerprint density at radius 3 is 2.56 bits per heavy atom. The van der Waals surface area contributed by atoms with E-state index in [1.54, 1.807) is 22.9 Å². The van der Waals surface area contributed by atoms with E-state index in [2.05, 4.69) is 9.84 Å². The molecule has 0 atom stereocenters. The third-order valence-corrected chi connectivity index (χ3v) is 4.53. The predicted octanol–water partition coefficient (Wildman–Crippen LogP) is 5.21. The second-order valence-corrected chi connectivity index (χ2v) is 6.74. The zero-order chi connectivity index (χ0) is 19.6. The van der Waals surface area contributed by atoms with Gasteiger partial charge < -0.3 is 9.84 Å². The van der Waals surface area contributed by atoms with E-state index >= 15 is 0 Å². The molecule has 0 saturated heterocycles. The first-order chi connectivity index (χ1) is 12.8. The fourth-order valence-electron chi connectivity index (χ4n) is 2.78. The molecule has 3 rings (SSSR count). The van der Waals surface area contributed by atoms with Gasteiger partial charge in [-0.05, 0) is 42.7 Å². The van der Waals surface area contributed by atoms with Gasteiger partial charge in [-0.15, -0.1) is 13.2 Å². The van der Waals surface area contributed by atoms with Crippen molar-refractivity contribution in [3.8, 4) is 5.75 Å². The molecule has 4 nitrogen and oxygen atoms in total. The van der Waals surface area contributed by atoms with Crippen LogP contribution in [-0.2, 0) is 13.0 Å². The number of halogens is 5. The van der Waals surface area contributed by atoms with Gasteiger partial charge in [0, 0.05) is 28.1 Å². The molecular formula is C18H15Cl2F3N2O2. The van der Waals surface area contributed by atoms with Gasteiger partial charge in [0.05, 0.1) is 17.8 Å². The molecule has 0 bridgehead atoms. The highest BCUT2D eigenvalue weighted by atomic mass is 35.5. The normalized spacial score (nSPS) is 11.9. The lowest BCUT2D eigenvalue weighted by Crippen LogP contribution is -2.17. The van der Waals surface area contributed by atoms with Crippen molar-refractivity contribution in [2.24, 2.45) is 0 Å². The molecule has 3 aromatic rings. The molecule has 144 valence electrons. The number of rotatable bonds is 6. The molecule has 0 radical (unpaired) electrons. The SMILES string of the molecule is OCCCc1nn(Cc2ccc(Cl)cc2Cl)c2cc(OC(F)(F)F)ccc12. The predicted molar refractivity (Wildman–Crippen MR) is 97.4 cm³/mol. The zero-order valence-corrected chi connectivity index (χ0v) is 15.4. The van der Waals surface area contributed by atoms with Crippen LogP contribution in [0.4, 0.5) is 13.2 Å². The molecule has 9 heteroatoms. The summed E-state index contributed by atoms with van der Waals surface area (Å²) < 4.78 is 43.2. The van der Waals surface area contributed by atoms with Crippen molar-refractivity contribution in [1.82, 2.24) is 9.78 Å². The van der Waals surface area contributed by atoms with Crippen molar-refractivity contribution in [2.75, 3.05) is 6.61 Å². The van der Waals surface area contributed by atoms with Gasteiger partial charge >= 0.3 is 6.36 Å². The van der Waals surface area contributed by atoms with Gasteiger partial charge in [0.2, 0.25) is 0 Å². The molecule has 0 spiro atoms. The zero-order valence-electron chi connectivity index (χ0n) is 13.9. The van der Waals surface area contributed by atoms with Gasteiger partial charge in [0.25, 0.3) is 0 Å². The Morgan fingerprint density at radius 2 is 1.89 bits per heavy atom. The summed E-state index contributed by atoms with van der Waals surface area (Å²) in [4.78, 5) is 0. The number of benzene rings is 2. The van der Waals surface area contributed by atoms with E-state index in [0.29, 0.717) is 39.5 Å². The largest absolute Gasteiger partial charge is 0.573 e. The summed E-state index contributed by atoms with van der Waals surface area (Å²) in [5, 5.41) is 15.2. The Kier molecular flexibility index (Phi) is 5.83. The fraction of sp³-hybridized carbons (Fsp3) is 0.278. The number of ether oxygens (including phenoxy) is 1. The van der Waals surface area contributed by atoms with Crippen molar-refractivity contribution >= 4 is 34.1 Å². The highest BCUT2D eigenvalue weighted by Gasteiger charge is 2.31. The van der Waals surface area contributed by atoms with Crippen molar-refractivity contribution in [2.45, 2.75) is 25.7 Å². The molecule has 2 aromatic carbocycles. The first kappa shape index (κ1) is 19.8. The lowest BCUT2D eigenvalue weighted by atomic mass is 10.1. The quantitative estimate of drug-likeness (QED) is 0.597. The number of aliphatic hydroxyl groups excluding tert-OH is 1. The highest BCUT2D eigenvalue weighted by Crippen LogP contribution is 2.30. The number of aliphatic hydroxyl groups is 1. The average molecular weight is 419 g/mol. The van der Waals surface area contributed by atoms with E-state index < -0.39 is 6.36 Å². The second-order valence-electron chi connectivity index (χ2n) is 5.89. The lowest BCUT2D eigenvalue weighted by Gasteiger charge is -2.10. The molecule has 0 saturated carbocycles. The lowest BCUT2D eigenvalue weighted by molar-refractivity contribution is -0.274. The van der Waals surface area contributed by atoms with Gasteiger partial charge in [-0.25, -0.2) is 0 Å². The molecule has 0 aliphatic carbocycles. The number of fused-ring (bicyclic) bond motifs is 1. The summed E-state index contributed by atoms with van der Waals surface area (Å²) in [7, 11) is 0. The number of hydrogen-bond acceptors (Lipinski definition) is 3. The molecule has 0 aliphatic heterocycles. The Balaban J connectivity index is 2.04. The smallest absolute Gasteiger partial charge is 0.406 e. The molecule has 0 fully saturated rings. The molecule has 1 aromatic heterocycles. The third kappa shape index (κ3) is 4.86. The van der Waals surface area contributed by atoms with Crippen LogP contribution in [0.15, 0.2) is 36.4 Å². The summed E-state index contributed by atoms with van der Waals surface area (Å²) in [6.45, 7) is 0.244. The first-order valence-electron chi connectivity index (χ1n) is 8.07. The van der Waals surface area contributed by atoms with Crippen LogP contribution >= 0.6 is 23.2 Å². The van der Waals surface area contributed by atoms with Crippen LogP contribution < -0.4 is 4.74 Å². The molecule has 0 amide bonds. The average Bonchev–Trinajstić information content (AvgIpc) is 2.91. The van der Waals surface area contributed by atoms with E-state index in [9.17, 15) is 13.2 Å². The molecule has 0 aliphatic rings. The molecular weight excluding hydrogens is 404 g/mol. The van der Waals surface area contributed by atoms with Crippen LogP contribution in [-0.4, -0.2) is 27.9 Å². The van der Waals surface area contributed by atoms with Gasteiger partial charge in [-0.1, -0.05) is 29.3 Å². The van der Waals surface area contributed by atoms with Crippen LogP contribution in [0.25, 0.3) is 10.9 Å². The number of aryl methyl sites for hydroxylation is 1. The second kappa shape index (κ2) is 7.96. The Morgan fingerprint density at radius 1 is 1.11 bits per heavy atom. The van der Waals surface area contributed by atoms with Crippen molar-refractivity contribution < 1.29 is 23.0 Å². The van der Waals surface area contributed by atoms with Crippen LogP contribution in [0.1, 0.15) is 17.7 Å². The van der Waals surface area contributed by atoms with Gasteiger partial charge in [0.15, 0.2) is 0 Å². The molecule has 1 N–H and O–H groups in total. The third-order valence-electron chi connectivity index (χ3n) is 3.94. The summed E-state index contributed by atoms with van der Waals surface area (Å²) in [6, 6.07) is 9.09. The van der Waals surface area contributed by atoms with Crippen LogP contribution in [0.5, 0.6) is 5.75 Å². The van der Waals surface area contributed by atoms with Gasteiger partial charge in [0.1, 0.15) is 5.75 Å². The van der Waals surface area contributed by atoms with Crippen molar-refractivity contribution in [3.63, 3.8) is 0 Å². The highest BCUT2D eigenvalue weighted by molar-refractivity contribution is 6.35. The van der Waals surface area contributed by atoms with E-state index in [-0.39, 0.29) is 18.9 Å². The topological polar surface area (TPSA) is 47.3 Å². The summed E-state index contributed by atoms with van der Waals surface area (Å²) in [5.41, 5.74) is 1.89. The minimum Gasteiger partial charge on any atom is -0.406 e. The number of aromatic nitrogens is 2. The summed E-state index contributed by atoms with van der Waals surface area (Å²) in [6.07, 6.45) is -3.79. The minimum atomic E-state index is -4.78. The maximum absolute atomic E-state index is 12.5. The maximum atomic E-state index is 12.5. The van der Waals surface area contributed by atoms with E-state index in [1.165, 1.54) is 18.2 Å². The van der Waals surface area contributed by atoms with Crippen LogP contribution in [0.2, 0.25) is 10.0 Å². The maximum Gasteiger partial charge on any atom is 0.573 e. The van der Waals surface area contributed by atoms with Crippen LogP contribution in [0.3, 0.4) is 0 Å². The Labute approximate surface area is 163 Å². The molecule has 1 heterocycles. The summed E-state index contributed by atoms with van der Waals surface area (Å²) in [5.74, 6) is -0.327. The first-order valence-corrected chi connectivity index (χ1v) is 8.82.